The fourth-order valence-electron chi connectivity index (χ4n) is 6.06. The first kappa shape index (κ1) is 24.8. The topological polar surface area (TPSA) is 87.9 Å². The Hall–Kier alpha value is -3.50. The van der Waals surface area contributed by atoms with Crippen LogP contribution in [0.3, 0.4) is 0 Å². The number of likely N-dealkylation sites (N-methyl/N-ethyl adjacent to an activating group) is 1. The Morgan fingerprint density at radius 3 is 2.45 bits per heavy atom. The molecular weight excluding hydrogens is 481 g/mol. The van der Waals surface area contributed by atoms with E-state index in [0.29, 0.717) is 29.1 Å². The molecule has 0 aliphatic carbocycles. The van der Waals surface area contributed by atoms with Crippen LogP contribution in [0.4, 0.5) is 16.2 Å². The van der Waals surface area contributed by atoms with Crippen LogP contribution < -0.4 is 5.32 Å². The first-order chi connectivity index (χ1) is 18.2. The SMILES string of the molecule is Cc1nc2ncc(-c3nc(Nc4ccc(CN5C6CCC5CN(C)C6)cn4)ncc3F)cc2n1C(C)(C)C. The van der Waals surface area contributed by atoms with Crippen LogP contribution in [0.25, 0.3) is 22.4 Å². The minimum Gasteiger partial charge on any atom is -0.321 e. The first-order valence-corrected chi connectivity index (χ1v) is 13.2. The van der Waals surface area contributed by atoms with Crippen LogP contribution in [0.1, 0.15) is 45.0 Å². The molecule has 2 bridgehead atoms. The predicted octanol–water partition coefficient (Wildman–Crippen LogP) is 4.51. The minimum absolute atomic E-state index is 0.179. The Morgan fingerprint density at radius 2 is 1.76 bits per heavy atom. The lowest BCUT2D eigenvalue weighted by molar-refractivity contribution is 0.0759. The number of fused-ring (bicyclic) bond motifs is 3. The van der Waals surface area contributed by atoms with Crippen molar-refractivity contribution in [3.05, 3.63) is 54.0 Å². The van der Waals surface area contributed by atoms with Gasteiger partial charge >= 0.3 is 0 Å². The Morgan fingerprint density at radius 1 is 1.00 bits per heavy atom. The number of imidazole rings is 1. The molecule has 2 fully saturated rings. The number of piperazine rings is 1. The van der Waals surface area contributed by atoms with Crippen molar-refractivity contribution in [2.24, 2.45) is 0 Å². The first-order valence-electron chi connectivity index (χ1n) is 13.2. The van der Waals surface area contributed by atoms with Gasteiger partial charge in [-0.2, -0.15) is 0 Å². The Bertz CT molecular complexity index is 1460. The maximum Gasteiger partial charge on any atom is 0.229 e. The quantitative estimate of drug-likeness (QED) is 0.416. The third-order valence-corrected chi connectivity index (χ3v) is 7.61. The van der Waals surface area contributed by atoms with Gasteiger partial charge in [0.25, 0.3) is 0 Å². The molecule has 198 valence electrons. The molecule has 6 heterocycles. The van der Waals surface area contributed by atoms with E-state index in [9.17, 15) is 4.39 Å². The molecule has 0 spiro atoms. The molecule has 4 aromatic heterocycles. The number of anilines is 2. The molecular formula is C28H34FN9. The van der Waals surface area contributed by atoms with Gasteiger partial charge in [0.2, 0.25) is 5.95 Å². The summed E-state index contributed by atoms with van der Waals surface area (Å²) in [6.45, 7) is 11.4. The summed E-state index contributed by atoms with van der Waals surface area (Å²) in [5.74, 6) is 1.24. The van der Waals surface area contributed by atoms with Gasteiger partial charge in [-0.1, -0.05) is 6.07 Å². The zero-order valence-corrected chi connectivity index (χ0v) is 22.6. The van der Waals surface area contributed by atoms with E-state index >= 15 is 0 Å². The largest absolute Gasteiger partial charge is 0.321 e. The fraction of sp³-hybridized carbons (Fsp3) is 0.464. The van der Waals surface area contributed by atoms with E-state index in [1.54, 1.807) is 6.20 Å². The smallest absolute Gasteiger partial charge is 0.229 e. The highest BCUT2D eigenvalue weighted by atomic mass is 19.1. The number of pyridine rings is 2. The zero-order valence-electron chi connectivity index (χ0n) is 22.6. The molecule has 0 saturated carbocycles. The van der Waals surface area contributed by atoms with Crippen molar-refractivity contribution in [2.45, 2.75) is 64.7 Å². The Kier molecular flexibility index (Phi) is 6.11. The predicted molar refractivity (Wildman–Crippen MR) is 146 cm³/mol. The third kappa shape index (κ3) is 4.63. The third-order valence-electron chi connectivity index (χ3n) is 7.61. The van der Waals surface area contributed by atoms with Crippen molar-refractivity contribution in [1.29, 1.82) is 0 Å². The summed E-state index contributed by atoms with van der Waals surface area (Å²) in [5.41, 5.74) is 3.20. The van der Waals surface area contributed by atoms with Gasteiger partial charge in [-0.3, -0.25) is 4.90 Å². The normalized spacial score (nSPS) is 20.4. The lowest BCUT2D eigenvalue weighted by atomic mass is 10.1. The molecule has 9 nitrogen and oxygen atoms in total. The maximum atomic E-state index is 14.9. The highest BCUT2D eigenvalue weighted by molar-refractivity contribution is 5.78. The van der Waals surface area contributed by atoms with E-state index in [2.05, 4.69) is 78.5 Å². The van der Waals surface area contributed by atoms with E-state index in [0.717, 1.165) is 31.0 Å². The van der Waals surface area contributed by atoms with Gasteiger partial charge in [-0.05, 0) is 65.3 Å². The average Bonchev–Trinajstić information content (AvgIpc) is 3.32. The van der Waals surface area contributed by atoms with Crippen molar-refractivity contribution in [3.8, 4) is 11.3 Å². The lowest BCUT2D eigenvalue weighted by Crippen LogP contribution is -2.51. The molecule has 4 aromatic rings. The fourth-order valence-corrected chi connectivity index (χ4v) is 6.06. The van der Waals surface area contributed by atoms with Gasteiger partial charge in [0.1, 0.15) is 17.3 Å². The molecule has 2 aliphatic rings. The number of likely N-dealkylation sites (tertiary alicyclic amines) is 1. The summed E-state index contributed by atoms with van der Waals surface area (Å²) in [7, 11) is 2.21. The highest BCUT2D eigenvalue weighted by Gasteiger charge is 2.38. The molecule has 6 rings (SSSR count). The summed E-state index contributed by atoms with van der Waals surface area (Å²) < 4.78 is 17.0. The second-order valence-corrected chi connectivity index (χ2v) is 11.6. The maximum absolute atomic E-state index is 14.9. The molecule has 2 atom stereocenters. The molecule has 2 aliphatic heterocycles. The highest BCUT2D eigenvalue weighted by Crippen LogP contribution is 2.31. The van der Waals surface area contributed by atoms with Gasteiger partial charge in [0, 0.05) is 55.2 Å². The monoisotopic (exact) mass is 515 g/mol. The average molecular weight is 516 g/mol. The Labute approximate surface area is 222 Å². The van der Waals surface area contributed by atoms with Crippen molar-refractivity contribution < 1.29 is 4.39 Å². The van der Waals surface area contributed by atoms with Gasteiger partial charge in [-0.25, -0.2) is 29.3 Å². The number of rotatable bonds is 5. The standard InChI is InChI=1S/C28H34FN9/c1-17-33-26-23(38(17)28(2,3)4)10-19(12-31-26)25-22(29)13-32-27(35-25)34-24-9-6-18(11-30-24)14-37-20-7-8-21(37)16-36(5)15-20/h6,9-13,20-21H,7-8,14-16H2,1-5H3,(H,30,32,34,35). The molecule has 2 saturated heterocycles. The van der Waals surface area contributed by atoms with Gasteiger partial charge in [0.15, 0.2) is 11.5 Å². The minimum atomic E-state index is -0.514. The van der Waals surface area contributed by atoms with E-state index in [4.69, 9.17) is 0 Å². The number of aromatic nitrogens is 6. The summed E-state index contributed by atoms with van der Waals surface area (Å²) in [6, 6.07) is 7.16. The Balaban J connectivity index is 1.22. The molecule has 38 heavy (non-hydrogen) atoms. The van der Waals surface area contributed by atoms with E-state index in [1.807, 2.05) is 25.3 Å². The number of hydrogen-bond donors (Lipinski definition) is 1. The van der Waals surface area contributed by atoms with E-state index < -0.39 is 5.82 Å². The number of nitrogens with zero attached hydrogens (tertiary/aromatic N) is 8. The summed E-state index contributed by atoms with van der Waals surface area (Å²) in [6.07, 6.45) is 7.23. The molecule has 2 unspecified atom stereocenters. The number of hydrogen-bond acceptors (Lipinski definition) is 8. The molecule has 1 N–H and O–H groups in total. The van der Waals surface area contributed by atoms with Crippen LogP contribution in [0.2, 0.25) is 0 Å². The van der Waals surface area contributed by atoms with Crippen molar-refractivity contribution >= 4 is 22.9 Å². The number of aryl methyl sites for hydroxylation is 1. The van der Waals surface area contributed by atoms with Crippen LogP contribution in [-0.2, 0) is 12.1 Å². The summed E-state index contributed by atoms with van der Waals surface area (Å²) in [5, 5.41) is 3.13. The van der Waals surface area contributed by atoms with E-state index in [-0.39, 0.29) is 17.2 Å². The van der Waals surface area contributed by atoms with Crippen LogP contribution in [0.15, 0.2) is 36.8 Å². The second kappa shape index (κ2) is 9.36. The van der Waals surface area contributed by atoms with Crippen molar-refractivity contribution in [2.75, 3.05) is 25.5 Å². The molecule has 0 radical (unpaired) electrons. The van der Waals surface area contributed by atoms with Crippen LogP contribution in [-0.4, -0.2) is 71.5 Å². The van der Waals surface area contributed by atoms with Crippen molar-refractivity contribution in [1.82, 2.24) is 39.3 Å². The van der Waals surface area contributed by atoms with Gasteiger partial charge in [-0.15, -0.1) is 0 Å². The van der Waals surface area contributed by atoms with Gasteiger partial charge < -0.3 is 14.8 Å². The van der Waals surface area contributed by atoms with Crippen LogP contribution >= 0.6 is 0 Å². The van der Waals surface area contributed by atoms with Crippen LogP contribution in [0, 0.1) is 12.7 Å². The number of nitrogens with one attached hydrogen (secondary N) is 1. The van der Waals surface area contributed by atoms with Gasteiger partial charge in [0.05, 0.1) is 11.7 Å². The number of halogens is 1. The summed E-state index contributed by atoms with van der Waals surface area (Å²) in [4.78, 5) is 27.3. The molecule has 0 amide bonds. The van der Waals surface area contributed by atoms with E-state index in [1.165, 1.54) is 24.6 Å². The zero-order chi connectivity index (χ0) is 26.6. The molecule has 0 aromatic carbocycles. The second-order valence-electron chi connectivity index (χ2n) is 11.6. The van der Waals surface area contributed by atoms with Crippen molar-refractivity contribution in [3.63, 3.8) is 0 Å². The molecule has 10 heteroatoms. The lowest BCUT2D eigenvalue weighted by Gasteiger charge is -2.39. The van der Waals surface area contributed by atoms with Crippen LogP contribution in [0.5, 0.6) is 0 Å². The summed E-state index contributed by atoms with van der Waals surface area (Å²) >= 11 is 0.